The van der Waals surface area contributed by atoms with E-state index in [0.717, 1.165) is 34.3 Å². The summed E-state index contributed by atoms with van der Waals surface area (Å²) >= 11 is 0. The van der Waals surface area contributed by atoms with Crippen molar-refractivity contribution in [1.82, 2.24) is 4.57 Å². The molecule has 0 aliphatic heterocycles. The van der Waals surface area contributed by atoms with Gasteiger partial charge in [-0.3, -0.25) is 4.79 Å². The summed E-state index contributed by atoms with van der Waals surface area (Å²) in [4.78, 5) is 11.1. The molecule has 0 saturated heterocycles. The summed E-state index contributed by atoms with van der Waals surface area (Å²) in [5.74, 6) is 1.55. The second kappa shape index (κ2) is 5.93. The Balaban J connectivity index is 2.02. The van der Waals surface area contributed by atoms with E-state index >= 15 is 0 Å². The number of hydrogen-bond acceptors (Lipinski definition) is 3. The van der Waals surface area contributed by atoms with E-state index in [0.29, 0.717) is 12.1 Å². The Morgan fingerprint density at radius 3 is 2.68 bits per heavy atom. The first-order valence-electron chi connectivity index (χ1n) is 7.00. The third-order valence-corrected chi connectivity index (χ3v) is 3.81. The van der Waals surface area contributed by atoms with Crippen LogP contribution in [0.15, 0.2) is 48.7 Å². The van der Waals surface area contributed by atoms with Crippen molar-refractivity contribution in [2.24, 2.45) is 0 Å². The Morgan fingerprint density at radius 1 is 1.09 bits per heavy atom. The molecule has 4 nitrogen and oxygen atoms in total. The minimum Gasteiger partial charge on any atom is -0.497 e. The highest BCUT2D eigenvalue weighted by Crippen LogP contribution is 2.27. The SMILES string of the molecule is COc1ccc(Cn2ccc3c(C=O)cccc32)c(OC)c1. The number of carbonyl (C=O) groups is 1. The average Bonchev–Trinajstić information content (AvgIpc) is 2.98. The van der Waals surface area contributed by atoms with E-state index in [4.69, 9.17) is 9.47 Å². The van der Waals surface area contributed by atoms with Crippen LogP contribution in [0.3, 0.4) is 0 Å². The first kappa shape index (κ1) is 14.2. The van der Waals surface area contributed by atoms with Crippen molar-refractivity contribution in [3.8, 4) is 11.5 Å². The van der Waals surface area contributed by atoms with Crippen LogP contribution in [0.1, 0.15) is 15.9 Å². The average molecular weight is 295 g/mol. The number of hydrogen-bond donors (Lipinski definition) is 0. The van der Waals surface area contributed by atoms with E-state index in [1.807, 2.05) is 48.7 Å². The lowest BCUT2D eigenvalue weighted by molar-refractivity contribution is 0.112. The van der Waals surface area contributed by atoms with Gasteiger partial charge in [-0.1, -0.05) is 12.1 Å². The number of fused-ring (bicyclic) bond motifs is 1. The lowest BCUT2D eigenvalue weighted by Crippen LogP contribution is -2.01. The zero-order valence-electron chi connectivity index (χ0n) is 12.6. The first-order valence-corrected chi connectivity index (χ1v) is 7.00. The number of nitrogens with zero attached hydrogens (tertiary/aromatic N) is 1. The predicted octanol–water partition coefficient (Wildman–Crippen LogP) is 3.52. The third-order valence-electron chi connectivity index (χ3n) is 3.81. The van der Waals surface area contributed by atoms with Gasteiger partial charge in [0.15, 0.2) is 6.29 Å². The first-order chi connectivity index (χ1) is 10.8. The summed E-state index contributed by atoms with van der Waals surface area (Å²) in [6.45, 7) is 0.666. The maximum absolute atomic E-state index is 11.1. The van der Waals surface area contributed by atoms with Crippen LogP contribution in [-0.4, -0.2) is 25.1 Å². The zero-order valence-corrected chi connectivity index (χ0v) is 12.6. The molecule has 0 atom stereocenters. The Bertz CT molecular complexity index is 820. The molecule has 0 radical (unpaired) electrons. The van der Waals surface area contributed by atoms with Gasteiger partial charge in [0, 0.05) is 34.3 Å². The van der Waals surface area contributed by atoms with Crippen LogP contribution in [0.5, 0.6) is 11.5 Å². The lowest BCUT2D eigenvalue weighted by Gasteiger charge is -2.12. The topological polar surface area (TPSA) is 40.5 Å². The second-order valence-corrected chi connectivity index (χ2v) is 5.02. The van der Waals surface area contributed by atoms with Crippen LogP contribution in [0.4, 0.5) is 0 Å². The molecule has 0 N–H and O–H groups in total. The fraction of sp³-hybridized carbons (Fsp3) is 0.167. The number of ether oxygens (including phenoxy) is 2. The van der Waals surface area contributed by atoms with Crippen molar-refractivity contribution in [1.29, 1.82) is 0 Å². The fourth-order valence-electron chi connectivity index (χ4n) is 2.65. The van der Waals surface area contributed by atoms with Crippen LogP contribution < -0.4 is 9.47 Å². The number of rotatable bonds is 5. The fourth-order valence-corrected chi connectivity index (χ4v) is 2.65. The van der Waals surface area contributed by atoms with E-state index in [1.54, 1.807) is 14.2 Å². The number of benzene rings is 2. The molecule has 1 heterocycles. The molecule has 3 rings (SSSR count). The molecule has 0 amide bonds. The third kappa shape index (κ3) is 2.44. The lowest BCUT2D eigenvalue weighted by atomic mass is 10.1. The largest absolute Gasteiger partial charge is 0.497 e. The molecule has 1 aromatic heterocycles. The summed E-state index contributed by atoms with van der Waals surface area (Å²) in [5.41, 5.74) is 2.79. The summed E-state index contributed by atoms with van der Waals surface area (Å²) in [6, 6.07) is 13.5. The van der Waals surface area contributed by atoms with Crippen LogP contribution in [0, 0.1) is 0 Å². The molecular formula is C18H17NO3. The van der Waals surface area contributed by atoms with Gasteiger partial charge in [0.25, 0.3) is 0 Å². The monoisotopic (exact) mass is 295 g/mol. The molecule has 0 unspecified atom stereocenters. The van der Waals surface area contributed by atoms with Crippen molar-refractivity contribution in [3.05, 3.63) is 59.8 Å². The quantitative estimate of drug-likeness (QED) is 0.676. The van der Waals surface area contributed by atoms with Gasteiger partial charge in [-0.25, -0.2) is 0 Å². The van der Waals surface area contributed by atoms with Gasteiger partial charge in [-0.2, -0.15) is 0 Å². The molecule has 0 bridgehead atoms. The minimum absolute atomic E-state index is 0.666. The minimum atomic E-state index is 0.666. The number of methoxy groups -OCH3 is 2. The molecule has 2 aromatic carbocycles. The highest BCUT2D eigenvalue weighted by molar-refractivity contribution is 5.97. The summed E-state index contributed by atoms with van der Waals surface area (Å²) in [7, 11) is 3.28. The van der Waals surface area contributed by atoms with Gasteiger partial charge in [0.1, 0.15) is 11.5 Å². The van der Waals surface area contributed by atoms with E-state index < -0.39 is 0 Å². The second-order valence-electron chi connectivity index (χ2n) is 5.02. The molecule has 3 aromatic rings. The van der Waals surface area contributed by atoms with Crippen LogP contribution >= 0.6 is 0 Å². The molecular weight excluding hydrogens is 278 g/mol. The molecule has 0 aliphatic carbocycles. The van der Waals surface area contributed by atoms with Gasteiger partial charge in [-0.15, -0.1) is 0 Å². The van der Waals surface area contributed by atoms with Gasteiger partial charge in [0.05, 0.1) is 20.8 Å². The number of aromatic nitrogens is 1. The summed E-state index contributed by atoms with van der Waals surface area (Å²) in [5, 5.41) is 0.963. The zero-order chi connectivity index (χ0) is 15.5. The smallest absolute Gasteiger partial charge is 0.150 e. The van der Waals surface area contributed by atoms with E-state index in [1.165, 1.54) is 0 Å². The molecule has 0 spiro atoms. The van der Waals surface area contributed by atoms with Gasteiger partial charge in [0.2, 0.25) is 0 Å². The highest BCUT2D eigenvalue weighted by Gasteiger charge is 2.09. The van der Waals surface area contributed by atoms with E-state index in [-0.39, 0.29) is 0 Å². The van der Waals surface area contributed by atoms with Crippen molar-refractivity contribution < 1.29 is 14.3 Å². The van der Waals surface area contributed by atoms with E-state index in [9.17, 15) is 4.79 Å². The molecule has 112 valence electrons. The summed E-state index contributed by atoms with van der Waals surface area (Å²) in [6.07, 6.45) is 2.88. The summed E-state index contributed by atoms with van der Waals surface area (Å²) < 4.78 is 12.8. The van der Waals surface area contributed by atoms with Gasteiger partial charge in [-0.05, 0) is 24.3 Å². The van der Waals surface area contributed by atoms with Gasteiger partial charge >= 0.3 is 0 Å². The van der Waals surface area contributed by atoms with Crippen molar-refractivity contribution in [3.63, 3.8) is 0 Å². The van der Waals surface area contributed by atoms with Crippen LogP contribution in [-0.2, 0) is 6.54 Å². The molecule has 0 aliphatic rings. The van der Waals surface area contributed by atoms with Gasteiger partial charge < -0.3 is 14.0 Å². The Kier molecular flexibility index (Phi) is 3.83. The van der Waals surface area contributed by atoms with Crippen molar-refractivity contribution in [2.45, 2.75) is 6.54 Å². The highest BCUT2D eigenvalue weighted by atomic mass is 16.5. The predicted molar refractivity (Wildman–Crippen MR) is 86.0 cm³/mol. The molecule has 0 fully saturated rings. The van der Waals surface area contributed by atoms with Crippen molar-refractivity contribution >= 4 is 17.2 Å². The molecule has 22 heavy (non-hydrogen) atoms. The maximum atomic E-state index is 11.1. The Morgan fingerprint density at radius 2 is 1.95 bits per heavy atom. The van der Waals surface area contributed by atoms with Crippen molar-refractivity contribution in [2.75, 3.05) is 14.2 Å². The number of carbonyl (C=O) groups excluding carboxylic acids is 1. The Hall–Kier alpha value is -2.75. The molecule has 0 saturated carbocycles. The van der Waals surface area contributed by atoms with E-state index in [2.05, 4.69) is 4.57 Å². The maximum Gasteiger partial charge on any atom is 0.150 e. The normalized spacial score (nSPS) is 10.6. The number of aldehydes is 1. The standard InChI is InChI=1S/C18H17NO3/c1-21-15-7-6-13(18(10-15)22-2)11-19-9-8-16-14(12-20)4-3-5-17(16)19/h3-10,12H,11H2,1-2H3. The van der Waals surface area contributed by atoms with Crippen LogP contribution in [0.2, 0.25) is 0 Å². The molecule has 4 heteroatoms. The van der Waals surface area contributed by atoms with Crippen LogP contribution in [0.25, 0.3) is 10.9 Å². The Labute approximate surface area is 128 Å².